The lowest BCUT2D eigenvalue weighted by atomic mass is 9.85. The summed E-state index contributed by atoms with van der Waals surface area (Å²) < 4.78 is 0. The second-order valence-corrected chi connectivity index (χ2v) is 5.90. The van der Waals surface area contributed by atoms with Crippen LogP contribution in [0.5, 0.6) is 0 Å². The smallest absolute Gasteiger partial charge is 0.200 e. The number of hydrogen-bond acceptors (Lipinski definition) is 3. The molecule has 0 aromatic heterocycles. The minimum absolute atomic E-state index is 0.230. The maximum Gasteiger partial charge on any atom is 0.200 e. The van der Waals surface area contributed by atoms with Crippen molar-refractivity contribution in [3.05, 3.63) is 71.8 Å². The number of carbonyl (C=O) groups is 1. The first-order valence-electron chi connectivity index (χ1n) is 7.80. The Labute approximate surface area is 131 Å². The van der Waals surface area contributed by atoms with Crippen LogP contribution < -0.4 is 0 Å². The number of aliphatic hydroxyl groups is 1. The van der Waals surface area contributed by atoms with Gasteiger partial charge in [-0.05, 0) is 31.5 Å². The van der Waals surface area contributed by atoms with E-state index in [1.807, 2.05) is 48.5 Å². The third-order valence-electron chi connectivity index (χ3n) is 4.31. The van der Waals surface area contributed by atoms with Crippen LogP contribution in [0, 0.1) is 0 Å². The van der Waals surface area contributed by atoms with Crippen molar-refractivity contribution in [3.8, 4) is 0 Å². The van der Waals surface area contributed by atoms with Gasteiger partial charge < -0.3 is 5.11 Å². The average Bonchev–Trinajstić information content (AvgIpc) is 3.08. The van der Waals surface area contributed by atoms with E-state index in [1.165, 1.54) is 0 Å². The summed E-state index contributed by atoms with van der Waals surface area (Å²) in [6.07, 6.45) is 2.26. The number of likely N-dealkylation sites (tertiary alicyclic amines) is 1. The quantitative estimate of drug-likeness (QED) is 0.862. The third kappa shape index (κ3) is 2.96. The van der Waals surface area contributed by atoms with Gasteiger partial charge in [0.25, 0.3) is 0 Å². The van der Waals surface area contributed by atoms with Crippen molar-refractivity contribution >= 4 is 5.78 Å². The molecule has 1 fully saturated rings. The number of nitrogens with zero attached hydrogens (tertiary/aromatic N) is 1. The van der Waals surface area contributed by atoms with Crippen molar-refractivity contribution in [1.82, 2.24) is 4.90 Å². The zero-order chi connectivity index (χ0) is 15.4. The Morgan fingerprint density at radius 3 is 2.09 bits per heavy atom. The molecule has 1 aliphatic rings. The second kappa shape index (κ2) is 6.42. The van der Waals surface area contributed by atoms with Gasteiger partial charge in [0.1, 0.15) is 0 Å². The van der Waals surface area contributed by atoms with E-state index in [1.54, 1.807) is 12.1 Å². The van der Waals surface area contributed by atoms with Crippen molar-refractivity contribution in [2.45, 2.75) is 18.4 Å². The topological polar surface area (TPSA) is 40.5 Å². The van der Waals surface area contributed by atoms with E-state index in [0.29, 0.717) is 17.7 Å². The maximum atomic E-state index is 13.0. The van der Waals surface area contributed by atoms with Gasteiger partial charge >= 0.3 is 0 Å². The molecule has 1 aliphatic heterocycles. The fraction of sp³-hybridized carbons (Fsp3) is 0.316. The van der Waals surface area contributed by atoms with Crippen molar-refractivity contribution < 1.29 is 9.90 Å². The van der Waals surface area contributed by atoms with Crippen molar-refractivity contribution in [1.29, 1.82) is 0 Å². The number of β-amino-alcohol motifs (C(OH)–C–C–N with tert-alkyl or cyclic N) is 1. The van der Waals surface area contributed by atoms with E-state index < -0.39 is 5.60 Å². The molecule has 0 amide bonds. The van der Waals surface area contributed by atoms with Crippen molar-refractivity contribution in [3.63, 3.8) is 0 Å². The van der Waals surface area contributed by atoms with E-state index in [-0.39, 0.29) is 5.78 Å². The Morgan fingerprint density at radius 1 is 0.955 bits per heavy atom. The van der Waals surface area contributed by atoms with Crippen LogP contribution >= 0.6 is 0 Å². The van der Waals surface area contributed by atoms with Crippen LogP contribution in [0.3, 0.4) is 0 Å². The summed E-state index contributed by atoms with van der Waals surface area (Å²) in [5, 5.41) is 11.3. The molecule has 0 radical (unpaired) electrons. The van der Waals surface area contributed by atoms with Crippen LogP contribution in [-0.2, 0) is 5.60 Å². The second-order valence-electron chi connectivity index (χ2n) is 5.90. The number of ketones is 1. The molecular formula is C19H21NO2. The summed E-state index contributed by atoms with van der Waals surface area (Å²) in [6.45, 7) is 2.24. The van der Waals surface area contributed by atoms with Crippen LogP contribution in [0.15, 0.2) is 60.7 Å². The lowest BCUT2D eigenvalue weighted by Gasteiger charge is -2.31. The summed E-state index contributed by atoms with van der Waals surface area (Å²) in [5.74, 6) is -0.230. The van der Waals surface area contributed by atoms with E-state index in [0.717, 1.165) is 25.9 Å². The highest BCUT2D eigenvalue weighted by atomic mass is 16.3. The Balaban J connectivity index is 1.96. The van der Waals surface area contributed by atoms with Crippen LogP contribution in [0.25, 0.3) is 0 Å². The number of carbonyl (C=O) groups excluding carboxylic acids is 1. The molecule has 3 heteroatoms. The lowest BCUT2D eigenvalue weighted by Crippen LogP contribution is -2.46. The number of benzene rings is 2. The summed E-state index contributed by atoms with van der Waals surface area (Å²) in [4.78, 5) is 15.2. The first-order valence-corrected chi connectivity index (χ1v) is 7.80. The number of rotatable bonds is 5. The number of hydrogen-bond donors (Lipinski definition) is 1. The predicted molar refractivity (Wildman–Crippen MR) is 86.8 cm³/mol. The molecule has 1 saturated heterocycles. The van der Waals surface area contributed by atoms with E-state index in [9.17, 15) is 9.90 Å². The van der Waals surface area contributed by atoms with Gasteiger partial charge in [0, 0.05) is 12.1 Å². The van der Waals surface area contributed by atoms with Gasteiger partial charge in [0.05, 0.1) is 0 Å². The molecule has 3 nitrogen and oxygen atoms in total. The minimum Gasteiger partial charge on any atom is -0.376 e. The molecule has 3 rings (SSSR count). The lowest BCUT2D eigenvalue weighted by molar-refractivity contribution is 0.0120. The van der Waals surface area contributed by atoms with Gasteiger partial charge in [0.15, 0.2) is 11.4 Å². The fourth-order valence-corrected chi connectivity index (χ4v) is 3.10. The van der Waals surface area contributed by atoms with Crippen LogP contribution in [0.1, 0.15) is 28.8 Å². The SMILES string of the molecule is O=C(c1ccccc1)C(O)(CN1CCCC1)c1ccccc1. The number of Topliss-reactive ketones (excluding diaryl/α,β-unsaturated/α-hetero) is 1. The molecule has 1 atom stereocenters. The minimum atomic E-state index is -1.49. The highest BCUT2D eigenvalue weighted by molar-refractivity contribution is 6.03. The van der Waals surface area contributed by atoms with Gasteiger partial charge in [-0.25, -0.2) is 0 Å². The molecule has 0 aliphatic carbocycles. The zero-order valence-corrected chi connectivity index (χ0v) is 12.6. The summed E-state index contributed by atoms with van der Waals surface area (Å²) >= 11 is 0. The van der Waals surface area contributed by atoms with Gasteiger partial charge in [0.2, 0.25) is 0 Å². The first kappa shape index (κ1) is 14.9. The summed E-state index contributed by atoms with van der Waals surface area (Å²) in [5.41, 5.74) is -0.281. The molecule has 114 valence electrons. The highest BCUT2D eigenvalue weighted by Gasteiger charge is 2.40. The zero-order valence-electron chi connectivity index (χ0n) is 12.6. The molecule has 2 aromatic rings. The monoisotopic (exact) mass is 295 g/mol. The molecule has 0 saturated carbocycles. The van der Waals surface area contributed by atoms with E-state index in [2.05, 4.69) is 4.90 Å². The predicted octanol–water partition coefficient (Wildman–Crippen LogP) is 2.85. The molecule has 1 N–H and O–H groups in total. The molecule has 22 heavy (non-hydrogen) atoms. The van der Waals surface area contributed by atoms with E-state index in [4.69, 9.17) is 0 Å². The summed E-state index contributed by atoms with van der Waals surface area (Å²) in [6, 6.07) is 18.3. The Kier molecular flexibility index (Phi) is 4.36. The van der Waals surface area contributed by atoms with Crippen molar-refractivity contribution in [2.24, 2.45) is 0 Å². The average molecular weight is 295 g/mol. The van der Waals surface area contributed by atoms with Gasteiger partial charge in [-0.15, -0.1) is 0 Å². The fourth-order valence-electron chi connectivity index (χ4n) is 3.10. The standard InChI is InChI=1S/C19H21NO2/c21-18(16-9-3-1-4-10-16)19(22,15-20-13-7-8-14-20)17-11-5-2-6-12-17/h1-6,9-12,22H,7-8,13-15H2. The molecule has 0 bridgehead atoms. The molecule has 1 heterocycles. The normalized spacial score (nSPS) is 18.0. The third-order valence-corrected chi connectivity index (χ3v) is 4.31. The molecule has 1 unspecified atom stereocenters. The van der Waals surface area contributed by atoms with E-state index >= 15 is 0 Å². The molecule has 0 spiro atoms. The van der Waals surface area contributed by atoms with Gasteiger partial charge in [-0.2, -0.15) is 0 Å². The largest absolute Gasteiger partial charge is 0.376 e. The first-order chi connectivity index (χ1) is 10.7. The van der Waals surface area contributed by atoms with Gasteiger partial charge in [-0.1, -0.05) is 60.7 Å². The van der Waals surface area contributed by atoms with Crippen LogP contribution in [0.2, 0.25) is 0 Å². The Hall–Kier alpha value is -1.97. The molecule has 2 aromatic carbocycles. The summed E-state index contributed by atoms with van der Waals surface area (Å²) in [7, 11) is 0. The van der Waals surface area contributed by atoms with Crippen LogP contribution in [0.4, 0.5) is 0 Å². The Bertz CT molecular complexity index is 620. The van der Waals surface area contributed by atoms with Gasteiger partial charge in [-0.3, -0.25) is 9.69 Å². The molecular weight excluding hydrogens is 274 g/mol. The van der Waals surface area contributed by atoms with Crippen LogP contribution in [-0.4, -0.2) is 35.4 Å². The maximum absolute atomic E-state index is 13.0. The Morgan fingerprint density at radius 2 is 1.50 bits per heavy atom. The van der Waals surface area contributed by atoms with Crippen molar-refractivity contribution in [2.75, 3.05) is 19.6 Å². The highest BCUT2D eigenvalue weighted by Crippen LogP contribution is 2.28.